The van der Waals surface area contributed by atoms with Crippen LogP contribution >= 0.6 is 0 Å². The molecule has 1 aliphatic heterocycles. The zero-order valence-corrected chi connectivity index (χ0v) is 17.5. The van der Waals surface area contributed by atoms with Crippen LogP contribution in [-0.4, -0.2) is 25.7 Å². The zero-order chi connectivity index (χ0) is 20.2. The smallest absolute Gasteiger partial charge is 0.160 e. The largest absolute Gasteiger partial charge is 0.493 e. The molecule has 3 aromatic rings. The highest BCUT2D eigenvalue weighted by Crippen LogP contribution is 2.39. The van der Waals surface area contributed by atoms with Gasteiger partial charge in [-0.25, -0.2) is 0 Å². The second kappa shape index (κ2) is 8.71. The summed E-state index contributed by atoms with van der Waals surface area (Å²) < 4.78 is 11.0. The van der Waals surface area contributed by atoms with Gasteiger partial charge in [0.1, 0.15) is 0 Å². The summed E-state index contributed by atoms with van der Waals surface area (Å²) in [6.45, 7) is 3.38. The highest BCUT2D eigenvalue weighted by Gasteiger charge is 2.31. The fraction of sp³-hybridized carbons (Fsp3) is 0.308. The molecule has 0 unspecified atom stereocenters. The molecule has 3 aromatic carbocycles. The number of ether oxygens (including phenoxy) is 2. The summed E-state index contributed by atoms with van der Waals surface area (Å²) >= 11 is 0. The van der Waals surface area contributed by atoms with E-state index in [0.29, 0.717) is 12.1 Å². The highest BCUT2D eigenvalue weighted by atomic mass is 16.5. The molecule has 0 fully saturated rings. The number of fused-ring (bicyclic) bond motifs is 1. The van der Waals surface area contributed by atoms with E-state index in [1.807, 2.05) is 6.07 Å². The standard InChI is InChI=1S/C26H29NO2/c1-19(21-9-5-4-6-10-21)27-16-15-22-11-7-8-12-23(22)24(27)17-20-13-14-25(28-2)26(18-20)29-3/h4-14,18-19,24H,15-17H2,1-3H3/t19-,24-/m0/s1. The molecule has 0 radical (unpaired) electrons. The van der Waals surface area contributed by atoms with Crippen molar-refractivity contribution >= 4 is 0 Å². The van der Waals surface area contributed by atoms with Crippen molar-refractivity contribution in [3.8, 4) is 11.5 Å². The molecule has 0 amide bonds. The van der Waals surface area contributed by atoms with E-state index in [4.69, 9.17) is 9.47 Å². The van der Waals surface area contributed by atoms with Crippen LogP contribution in [-0.2, 0) is 12.8 Å². The van der Waals surface area contributed by atoms with Gasteiger partial charge < -0.3 is 9.47 Å². The minimum absolute atomic E-state index is 0.327. The second-order valence-electron chi connectivity index (χ2n) is 7.68. The Balaban J connectivity index is 1.70. The molecule has 0 N–H and O–H groups in total. The molecule has 0 saturated carbocycles. The fourth-order valence-corrected chi connectivity index (χ4v) is 4.52. The van der Waals surface area contributed by atoms with E-state index in [9.17, 15) is 0 Å². The number of methoxy groups -OCH3 is 2. The lowest BCUT2D eigenvalue weighted by Gasteiger charge is -2.41. The third-order valence-electron chi connectivity index (χ3n) is 6.11. The first-order valence-electron chi connectivity index (χ1n) is 10.3. The monoisotopic (exact) mass is 387 g/mol. The Kier molecular flexibility index (Phi) is 5.86. The van der Waals surface area contributed by atoms with Gasteiger partial charge in [-0.1, -0.05) is 60.7 Å². The summed E-state index contributed by atoms with van der Waals surface area (Å²) in [6, 6.07) is 26.7. The predicted molar refractivity (Wildman–Crippen MR) is 118 cm³/mol. The summed E-state index contributed by atoms with van der Waals surface area (Å²) in [5.74, 6) is 1.56. The van der Waals surface area contributed by atoms with Gasteiger partial charge in [-0.15, -0.1) is 0 Å². The van der Waals surface area contributed by atoms with Crippen LogP contribution in [0.5, 0.6) is 11.5 Å². The molecule has 0 aromatic heterocycles. The third kappa shape index (κ3) is 4.01. The van der Waals surface area contributed by atoms with E-state index in [2.05, 4.69) is 78.6 Å². The molecule has 1 aliphatic rings. The molecule has 3 nitrogen and oxygen atoms in total. The van der Waals surface area contributed by atoms with Crippen LogP contribution in [0.15, 0.2) is 72.8 Å². The van der Waals surface area contributed by atoms with Gasteiger partial charge in [0.25, 0.3) is 0 Å². The number of benzene rings is 3. The first-order chi connectivity index (χ1) is 14.2. The fourth-order valence-electron chi connectivity index (χ4n) is 4.52. The molecule has 0 aliphatic carbocycles. The Labute approximate surface area is 173 Å². The molecule has 29 heavy (non-hydrogen) atoms. The molecule has 0 bridgehead atoms. The molecule has 2 atom stereocenters. The van der Waals surface area contributed by atoms with Crippen molar-refractivity contribution in [1.82, 2.24) is 4.90 Å². The van der Waals surface area contributed by atoms with Crippen LogP contribution in [0.3, 0.4) is 0 Å². The second-order valence-corrected chi connectivity index (χ2v) is 7.68. The molecule has 1 heterocycles. The average molecular weight is 388 g/mol. The summed E-state index contributed by atoms with van der Waals surface area (Å²) in [4.78, 5) is 2.65. The van der Waals surface area contributed by atoms with E-state index in [-0.39, 0.29) is 0 Å². The van der Waals surface area contributed by atoms with Gasteiger partial charge in [0, 0.05) is 18.6 Å². The van der Waals surface area contributed by atoms with Gasteiger partial charge in [0.05, 0.1) is 14.2 Å². The maximum Gasteiger partial charge on any atom is 0.160 e. The van der Waals surface area contributed by atoms with Crippen molar-refractivity contribution in [3.63, 3.8) is 0 Å². The van der Waals surface area contributed by atoms with Crippen molar-refractivity contribution in [2.45, 2.75) is 31.8 Å². The highest BCUT2D eigenvalue weighted by molar-refractivity contribution is 5.44. The van der Waals surface area contributed by atoms with Crippen LogP contribution in [0.25, 0.3) is 0 Å². The van der Waals surface area contributed by atoms with Crippen LogP contribution in [0.2, 0.25) is 0 Å². The predicted octanol–water partition coefficient (Wildman–Crippen LogP) is 5.61. The maximum atomic E-state index is 5.54. The van der Waals surface area contributed by atoms with Crippen LogP contribution in [0.4, 0.5) is 0 Å². The zero-order valence-electron chi connectivity index (χ0n) is 17.5. The summed E-state index contributed by atoms with van der Waals surface area (Å²) in [5.41, 5.74) is 5.53. The Morgan fingerprint density at radius 1 is 0.897 bits per heavy atom. The Morgan fingerprint density at radius 2 is 1.62 bits per heavy atom. The quantitative estimate of drug-likeness (QED) is 0.549. The minimum atomic E-state index is 0.327. The third-order valence-corrected chi connectivity index (χ3v) is 6.11. The summed E-state index contributed by atoms with van der Waals surface area (Å²) in [7, 11) is 3.37. The summed E-state index contributed by atoms with van der Waals surface area (Å²) in [6.07, 6.45) is 2.03. The van der Waals surface area contributed by atoms with Crippen molar-refractivity contribution < 1.29 is 9.47 Å². The molecule has 150 valence electrons. The topological polar surface area (TPSA) is 21.7 Å². The van der Waals surface area contributed by atoms with Gasteiger partial charge in [-0.05, 0) is 54.2 Å². The van der Waals surface area contributed by atoms with Gasteiger partial charge in [-0.2, -0.15) is 0 Å². The minimum Gasteiger partial charge on any atom is -0.493 e. The number of hydrogen-bond acceptors (Lipinski definition) is 3. The first kappa shape index (κ1) is 19.5. The van der Waals surface area contributed by atoms with Gasteiger partial charge >= 0.3 is 0 Å². The SMILES string of the molecule is COc1ccc(C[C@H]2c3ccccc3CCN2[C@@H](C)c2ccccc2)cc1OC. The van der Waals surface area contributed by atoms with Crippen LogP contribution in [0, 0.1) is 0 Å². The Morgan fingerprint density at radius 3 is 2.38 bits per heavy atom. The van der Waals surface area contributed by atoms with Crippen molar-refractivity contribution in [3.05, 3.63) is 95.1 Å². The summed E-state index contributed by atoms with van der Waals surface area (Å²) in [5, 5.41) is 0. The van der Waals surface area contributed by atoms with Crippen LogP contribution < -0.4 is 9.47 Å². The average Bonchev–Trinajstić information content (AvgIpc) is 2.79. The van der Waals surface area contributed by atoms with E-state index in [0.717, 1.165) is 30.9 Å². The van der Waals surface area contributed by atoms with Crippen molar-refractivity contribution in [2.24, 2.45) is 0 Å². The van der Waals surface area contributed by atoms with Crippen molar-refractivity contribution in [2.75, 3.05) is 20.8 Å². The van der Waals surface area contributed by atoms with E-state index in [1.54, 1.807) is 14.2 Å². The first-order valence-corrected chi connectivity index (χ1v) is 10.3. The number of rotatable bonds is 6. The molecule has 3 heteroatoms. The van der Waals surface area contributed by atoms with E-state index in [1.165, 1.54) is 22.3 Å². The maximum absolute atomic E-state index is 5.54. The molecular formula is C26H29NO2. The number of hydrogen-bond donors (Lipinski definition) is 0. The lowest BCUT2D eigenvalue weighted by Crippen LogP contribution is -2.38. The van der Waals surface area contributed by atoms with E-state index < -0.39 is 0 Å². The molecule has 0 spiro atoms. The Bertz CT molecular complexity index is 954. The number of nitrogens with zero attached hydrogens (tertiary/aromatic N) is 1. The molecule has 4 rings (SSSR count). The van der Waals surface area contributed by atoms with Gasteiger partial charge in [-0.3, -0.25) is 4.90 Å². The molecular weight excluding hydrogens is 358 g/mol. The molecule has 0 saturated heterocycles. The van der Waals surface area contributed by atoms with Gasteiger partial charge in [0.15, 0.2) is 11.5 Å². The lowest BCUT2D eigenvalue weighted by atomic mass is 9.87. The lowest BCUT2D eigenvalue weighted by molar-refractivity contribution is 0.132. The normalized spacial score (nSPS) is 17.4. The van der Waals surface area contributed by atoms with E-state index >= 15 is 0 Å². The Hall–Kier alpha value is -2.78. The van der Waals surface area contributed by atoms with Gasteiger partial charge in [0.2, 0.25) is 0 Å². The van der Waals surface area contributed by atoms with Crippen LogP contribution in [0.1, 0.15) is 41.3 Å². The van der Waals surface area contributed by atoms with Crippen molar-refractivity contribution in [1.29, 1.82) is 0 Å².